The lowest BCUT2D eigenvalue weighted by molar-refractivity contribution is -0.385. The highest BCUT2D eigenvalue weighted by molar-refractivity contribution is 5.85. The molecule has 0 aliphatic carbocycles. The van der Waals surface area contributed by atoms with Crippen molar-refractivity contribution >= 4 is 24.1 Å². The first kappa shape index (κ1) is 14.3. The van der Waals surface area contributed by atoms with Gasteiger partial charge in [0.2, 0.25) is 0 Å². The average Bonchev–Trinajstić information content (AvgIpc) is 2.18. The van der Waals surface area contributed by atoms with Crippen molar-refractivity contribution in [1.82, 2.24) is 0 Å². The molecular formula is C9H11ClN2O4. The molecule has 0 saturated carbocycles. The molecule has 0 spiro atoms. The van der Waals surface area contributed by atoms with Crippen LogP contribution in [0.4, 0.5) is 5.69 Å². The number of hydrogen-bond acceptors (Lipinski definition) is 4. The maximum absolute atomic E-state index is 10.6. The molecular weight excluding hydrogens is 236 g/mol. The standard InChI is InChI=1S/C9H10N2O4.ClH/c10-7(9(12)13)5-6-3-1-2-4-8(6)11(14)15;/h1-4,7H,5,10H2,(H,12,13);1H/t7-;/m0./s1. The predicted molar refractivity (Wildman–Crippen MR) is 59.7 cm³/mol. The number of carbonyl (C=O) groups is 1. The van der Waals surface area contributed by atoms with Gasteiger partial charge in [0.05, 0.1) is 4.92 Å². The Morgan fingerprint density at radius 2 is 2.06 bits per heavy atom. The Bertz CT molecular complexity index is 397. The normalized spacial score (nSPS) is 11.3. The Hall–Kier alpha value is -1.66. The third kappa shape index (κ3) is 3.48. The van der Waals surface area contributed by atoms with Crippen molar-refractivity contribution in [1.29, 1.82) is 0 Å². The Morgan fingerprint density at radius 3 is 2.56 bits per heavy atom. The van der Waals surface area contributed by atoms with Gasteiger partial charge in [0, 0.05) is 18.1 Å². The number of nitro benzene ring substituents is 1. The van der Waals surface area contributed by atoms with Crippen molar-refractivity contribution in [3.05, 3.63) is 39.9 Å². The van der Waals surface area contributed by atoms with Crippen LogP contribution in [0.1, 0.15) is 5.56 Å². The van der Waals surface area contributed by atoms with Crippen molar-refractivity contribution < 1.29 is 14.8 Å². The molecule has 1 atom stereocenters. The fourth-order valence-corrected chi connectivity index (χ4v) is 1.19. The van der Waals surface area contributed by atoms with Crippen LogP contribution >= 0.6 is 12.4 Å². The van der Waals surface area contributed by atoms with Crippen LogP contribution in [-0.2, 0) is 11.2 Å². The summed E-state index contributed by atoms with van der Waals surface area (Å²) in [5.74, 6) is -1.17. The second-order valence-corrected chi connectivity index (χ2v) is 3.03. The van der Waals surface area contributed by atoms with E-state index in [1.54, 1.807) is 6.07 Å². The Kier molecular flexibility index (Phi) is 5.41. The number of halogens is 1. The van der Waals surface area contributed by atoms with E-state index in [1.807, 2.05) is 0 Å². The fourth-order valence-electron chi connectivity index (χ4n) is 1.19. The monoisotopic (exact) mass is 246 g/mol. The van der Waals surface area contributed by atoms with Crippen LogP contribution < -0.4 is 5.73 Å². The van der Waals surface area contributed by atoms with Gasteiger partial charge in [-0.05, 0) is 0 Å². The molecule has 0 unspecified atom stereocenters. The molecule has 6 nitrogen and oxygen atoms in total. The zero-order valence-electron chi connectivity index (χ0n) is 8.20. The predicted octanol–water partition coefficient (Wildman–Crippen LogP) is 0.971. The summed E-state index contributed by atoms with van der Waals surface area (Å²) in [5.41, 5.74) is 5.52. The molecule has 7 heteroatoms. The van der Waals surface area contributed by atoms with Gasteiger partial charge in [0.1, 0.15) is 6.04 Å². The van der Waals surface area contributed by atoms with Gasteiger partial charge in [-0.1, -0.05) is 18.2 Å². The molecule has 1 aromatic carbocycles. The molecule has 0 saturated heterocycles. The fraction of sp³-hybridized carbons (Fsp3) is 0.222. The Labute approximate surface area is 97.6 Å². The van der Waals surface area contributed by atoms with E-state index >= 15 is 0 Å². The number of hydrogen-bond donors (Lipinski definition) is 2. The zero-order valence-corrected chi connectivity index (χ0v) is 9.02. The van der Waals surface area contributed by atoms with E-state index in [4.69, 9.17) is 10.8 Å². The third-order valence-corrected chi connectivity index (χ3v) is 1.95. The van der Waals surface area contributed by atoms with Crippen LogP contribution in [0.5, 0.6) is 0 Å². The second-order valence-electron chi connectivity index (χ2n) is 3.03. The lowest BCUT2D eigenvalue weighted by Gasteiger charge is -2.06. The molecule has 0 fully saturated rings. The van der Waals surface area contributed by atoms with E-state index in [-0.39, 0.29) is 24.5 Å². The molecule has 88 valence electrons. The summed E-state index contributed by atoms with van der Waals surface area (Å²) in [5, 5.41) is 19.2. The molecule has 0 aliphatic heterocycles. The van der Waals surface area contributed by atoms with E-state index in [0.717, 1.165) is 0 Å². The number of benzene rings is 1. The molecule has 0 bridgehead atoms. The maximum atomic E-state index is 10.6. The number of nitro groups is 1. The summed E-state index contributed by atoms with van der Waals surface area (Å²) in [7, 11) is 0. The highest BCUT2D eigenvalue weighted by atomic mass is 35.5. The highest BCUT2D eigenvalue weighted by Crippen LogP contribution is 2.18. The van der Waals surface area contributed by atoms with E-state index in [2.05, 4.69) is 0 Å². The minimum absolute atomic E-state index is 0. The average molecular weight is 247 g/mol. The number of carboxylic acid groups (broad SMARTS) is 1. The smallest absolute Gasteiger partial charge is 0.320 e. The van der Waals surface area contributed by atoms with E-state index in [9.17, 15) is 14.9 Å². The molecule has 0 radical (unpaired) electrons. The largest absolute Gasteiger partial charge is 0.480 e. The summed E-state index contributed by atoms with van der Waals surface area (Å²) in [6, 6.07) is 4.83. The van der Waals surface area contributed by atoms with E-state index < -0.39 is 16.9 Å². The number of para-hydroxylation sites is 1. The van der Waals surface area contributed by atoms with Gasteiger partial charge in [-0.15, -0.1) is 12.4 Å². The minimum atomic E-state index is -1.17. The van der Waals surface area contributed by atoms with Gasteiger partial charge < -0.3 is 10.8 Å². The molecule has 16 heavy (non-hydrogen) atoms. The van der Waals surface area contributed by atoms with Crippen LogP contribution in [0.3, 0.4) is 0 Å². The number of nitrogens with two attached hydrogens (primary N) is 1. The van der Waals surface area contributed by atoms with Gasteiger partial charge in [-0.2, -0.15) is 0 Å². The number of aliphatic carboxylic acids is 1. The zero-order chi connectivity index (χ0) is 11.4. The lowest BCUT2D eigenvalue weighted by Crippen LogP contribution is -2.32. The second kappa shape index (κ2) is 6.04. The van der Waals surface area contributed by atoms with E-state index in [1.165, 1.54) is 18.2 Å². The molecule has 0 amide bonds. The van der Waals surface area contributed by atoms with Crippen molar-refractivity contribution in [3.63, 3.8) is 0 Å². The van der Waals surface area contributed by atoms with Crippen LogP contribution in [0.15, 0.2) is 24.3 Å². The van der Waals surface area contributed by atoms with Crippen LogP contribution in [0.2, 0.25) is 0 Å². The van der Waals surface area contributed by atoms with Gasteiger partial charge in [0.15, 0.2) is 0 Å². The maximum Gasteiger partial charge on any atom is 0.320 e. The minimum Gasteiger partial charge on any atom is -0.480 e. The first-order chi connectivity index (χ1) is 7.02. The summed E-state index contributed by atoms with van der Waals surface area (Å²) in [6.07, 6.45) is -0.0491. The first-order valence-corrected chi connectivity index (χ1v) is 4.23. The quantitative estimate of drug-likeness (QED) is 0.608. The molecule has 0 heterocycles. The van der Waals surface area contributed by atoms with Crippen molar-refractivity contribution in [3.8, 4) is 0 Å². The molecule has 1 aromatic rings. The van der Waals surface area contributed by atoms with Crippen LogP contribution in [0.25, 0.3) is 0 Å². The van der Waals surface area contributed by atoms with Gasteiger partial charge in [-0.25, -0.2) is 0 Å². The summed E-state index contributed by atoms with van der Waals surface area (Å²) in [4.78, 5) is 20.5. The van der Waals surface area contributed by atoms with Crippen molar-refractivity contribution in [2.24, 2.45) is 5.73 Å². The topological polar surface area (TPSA) is 106 Å². The molecule has 1 rings (SSSR count). The summed E-state index contributed by atoms with van der Waals surface area (Å²) in [6.45, 7) is 0. The highest BCUT2D eigenvalue weighted by Gasteiger charge is 2.18. The first-order valence-electron chi connectivity index (χ1n) is 4.23. The SMILES string of the molecule is Cl.N[C@@H](Cc1ccccc1[N+](=O)[O-])C(=O)O. The van der Waals surface area contributed by atoms with E-state index in [0.29, 0.717) is 5.56 Å². The molecule has 0 aromatic heterocycles. The summed E-state index contributed by atoms with van der Waals surface area (Å²) < 4.78 is 0. The van der Waals surface area contributed by atoms with Crippen LogP contribution in [0, 0.1) is 10.1 Å². The van der Waals surface area contributed by atoms with Crippen LogP contribution in [-0.4, -0.2) is 22.0 Å². The Morgan fingerprint density at radius 1 is 1.50 bits per heavy atom. The lowest BCUT2D eigenvalue weighted by atomic mass is 10.1. The number of nitrogens with zero attached hydrogens (tertiary/aromatic N) is 1. The number of carboxylic acids is 1. The van der Waals surface area contributed by atoms with Gasteiger partial charge in [-0.3, -0.25) is 14.9 Å². The van der Waals surface area contributed by atoms with Crippen molar-refractivity contribution in [2.75, 3.05) is 0 Å². The van der Waals surface area contributed by atoms with Crippen molar-refractivity contribution in [2.45, 2.75) is 12.5 Å². The molecule has 0 aliphatic rings. The molecule has 3 N–H and O–H groups in total. The summed E-state index contributed by atoms with van der Waals surface area (Å²) >= 11 is 0. The third-order valence-electron chi connectivity index (χ3n) is 1.95. The van der Waals surface area contributed by atoms with Gasteiger partial charge in [0.25, 0.3) is 5.69 Å². The number of rotatable bonds is 4. The van der Waals surface area contributed by atoms with Gasteiger partial charge >= 0.3 is 5.97 Å². The Balaban J connectivity index is 0.00000225.